The van der Waals surface area contributed by atoms with Crippen LogP contribution >= 0.6 is 23.2 Å². The number of carbonyl (C=O) groups is 1. The monoisotopic (exact) mass is 508 g/mol. The molecule has 0 bridgehead atoms. The quantitative estimate of drug-likeness (QED) is 0.312. The first-order valence-electron chi connectivity index (χ1n) is 11.0. The minimum absolute atomic E-state index is 0.000645. The van der Waals surface area contributed by atoms with Gasteiger partial charge in [-0.2, -0.15) is 10.2 Å². The van der Waals surface area contributed by atoms with Crippen LogP contribution in [0.1, 0.15) is 22.6 Å². The van der Waals surface area contributed by atoms with Crippen LogP contribution in [0.2, 0.25) is 10.0 Å². The van der Waals surface area contributed by atoms with Gasteiger partial charge in [0, 0.05) is 27.4 Å². The third-order valence-corrected chi connectivity index (χ3v) is 6.61. The lowest BCUT2D eigenvalue weighted by Gasteiger charge is -2.10. The molecule has 178 valence electrons. The maximum atomic E-state index is 13.0. The summed E-state index contributed by atoms with van der Waals surface area (Å²) in [6, 6.07) is 11.0. The zero-order valence-corrected chi connectivity index (χ0v) is 20.9. The predicted molar refractivity (Wildman–Crippen MR) is 136 cm³/mol. The summed E-state index contributed by atoms with van der Waals surface area (Å²) >= 11 is 12.7. The Kier molecular flexibility index (Phi) is 6.08. The van der Waals surface area contributed by atoms with Gasteiger partial charge in [-0.05, 0) is 51.1 Å². The van der Waals surface area contributed by atoms with Crippen molar-refractivity contribution in [2.75, 3.05) is 5.32 Å². The first-order valence-corrected chi connectivity index (χ1v) is 11.7. The highest BCUT2D eigenvalue weighted by atomic mass is 35.5. The van der Waals surface area contributed by atoms with Crippen LogP contribution in [-0.4, -0.2) is 30.5 Å². The topological polar surface area (TPSA) is 90.8 Å². The van der Waals surface area contributed by atoms with Crippen molar-refractivity contribution in [3.8, 4) is 11.3 Å². The van der Waals surface area contributed by atoms with Gasteiger partial charge in [0.2, 0.25) is 5.91 Å². The van der Waals surface area contributed by atoms with Crippen LogP contribution in [0.15, 0.2) is 53.3 Å². The minimum atomic E-state index is -0.235. The van der Waals surface area contributed by atoms with E-state index in [0.717, 1.165) is 33.7 Å². The molecule has 0 fully saturated rings. The number of hydrogen-bond acceptors (Lipinski definition) is 5. The number of pyridine rings is 1. The molecule has 1 aromatic carbocycles. The maximum absolute atomic E-state index is 13.0. The van der Waals surface area contributed by atoms with E-state index in [4.69, 9.17) is 27.6 Å². The number of benzene rings is 1. The molecule has 10 heteroatoms. The minimum Gasteiger partial charge on any atom is -0.464 e. The first-order chi connectivity index (χ1) is 16.8. The van der Waals surface area contributed by atoms with Gasteiger partial charge < -0.3 is 9.73 Å². The van der Waals surface area contributed by atoms with Crippen LogP contribution in [0.5, 0.6) is 0 Å². The molecule has 0 aliphatic carbocycles. The summed E-state index contributed by atoms with van der Waals surface area (Å²) in [5.74, 6) is 0.489. The molecule has 4 heterocycles. The normalized spacial score (nSPS) is 11.3. The number of nitrogens with one attached hydrogen (secondary N) is 1. The smallest absolute Gasteiger partial charge is 0.246 e. The summed E-state index contributed by atoms with van der Waals surface area (Å²) in [5.41, 5.74) is 5.18. The van der Waals surface area contributed by atoms with Crippen molar-refractivity contribution in [2.45, 2.75) is 33.9 Å². The molecule has 0 radical (unpaired) electrons. The van der Waals surface area contributed by atoms with Crippen LogP contribution in [0.4, 0.5) is 5.69 Å². The van der Waals surface area contributed by atoms with E-state index in [1.54, 1.807) is 40.0 Å². The van der Waals surface area contributed by atoms with E-state index in [0.29, 0.717) is 33.6 Å². The van der Waals surface area contributed by atoms with Crippen molar-refractivity contribution in [2.24, 2.45) is 0 Å². The number of furan rings is 1. The number of anilines is 1. The van der Waals surface area contributed by atoms with Crippen molar-refractivity contribution in [3.05, 3.63) is 81.5 Å². The van der Waals surface area contributed by atoms with Gasteiger partial charge in [0.15, 0.2) is 5.65 Å². The zero-order chi connectivity index (χ0) is 24.7. The number of aromatic nitrogens is 5. The Bertz CT molecular complexity index is 1530. The van der Waals surface area contributed by atoms with E-state index < -0.39 is 0 Å². The molecule has 0 spiro atoms. The lowest BCUT2D eigenvalue weighted by atomic mass is 10.1. The van der Waals surface area contributed by atoms with Crippen molar-refractivity contribution in [1.29, 1.82) is 0 Å². The van der Waals surface area contributed by atoms with Crippen LogP contribution < -0.4 is 5.32 Å². The molecule has 0 aliphatic rings. The van der Waals surface area contributed by atoms with Crippen molar-refractivity contribution in [1.82, 2.24) is 24.5 Å². The molecule has 0 aliphatic heterocycles. The third kappa shape index (κ3) is 4.31. The number of carbonyl (C=O) groups excluding carboxylic acids is 1. The molecule has 0 atom stereocenters. The second kappa shape index (κ2) is 9.20. The number of fused-ring (bicyclic) bond motifs is 1. The largest absolute Gasteiger partial charge is 0.464 e. The summed E-state index contributed by atoms with van der Waals surface area (Å²) in [4.78, 5) is 17.5. The summed E-state index contributed by atoms with van der Waals surface area (Å²) in [7, 11) is 0. The van der Waals surface area contributed by atoms with Crippen molar-refractivity contribution >= 4 is 45.8 Å². The van der Waals surface area contributed by atoms with Crippen LogP contribution in [0.25, 0.3) is 22.4 Å². The standard InChI is InChI=1S/C25H22Cl2N6O2/c1-14-23-17(21-8-5-11-35-21)9-10-28-25(23)33(30-14)13-22(34)29-24-15(2)31-32(16(24)3)12-18-19(26)6-4-7-20(18)27/h4-11H,12-13H2,1-3H3,(H,29,34). The first kappa shape index (κ1) is 23.1. The second-order valence-electron chi connectivity index (χ2n) is 8.23. The van der Waals surface area contributed by atoms with Crippen LogP contribution in [0.3, 0.4) is 0 Å². The summed E-state index contributed by atoms with van der Waals surface area (Å²) in [6.45, 7) is 6.02. The molecular formula is C25H22Cl2N6O2. The Labute approximate surface area is 211 Å². The lowest BCUT2D eigenvalue weighted by molar-refractivity contribution is -0.116. The highest BCUT2D eigenvalue weighted by Crippen LogP contribution is 2.30. The summed E-state index contributed by atoms with van der Waals surface area (Å²) in [5, 5.41) is 14.1. The number of halogens is 2. The lowest BCUT2D eigenvalue weighted by Crippen LogP contribution is -2.20. The van der Waals surface area contributed by atoms with Gasteiger partial charge in [-0.1, -0.05) is 29.3 Å². The van der Waals surface area contributed by atoms with Gasteiger partial charge in [0.1, 0.15) is 12.3 Å². The SMILES string of the molecule is Cc1nn(Cc2c(Cl)cccc2Cl)c(C)c1NC(=O)Cn1nc(C)c2c(-c3ccco3)ccnc21. The van der Waals surface area contributed by atoms with Gasteiger partial charge in [-0.15, -0.1) is 0 Å². The summed E-state index contributed by atoms with van der Waals surface area (Å²) < 4.78 is 8.95. The van der Waals surface area contributed by atoms with Crippen LogP contribution in [-0.2, 0) is 17.9 Å². The van der Waals surface area contributed by atoms with E-state index in [1.807, 2.05) is 39.0 Å². The molecule has 4 aromatic heterocycles. The zero-order valence-electron chi connectivity index (χ0n) is 19.3. The van der Waals surface area contributed by atoms with Gasteiger partial charge in [-0.3, -0.25) is 9.48 Å². The molecule has 35 heavy (non-hydrogen) atoms. The Morgan fingerprint density at radius 2 is 1.74 bits per heavy atom. The second-order valence-corrected chi connectivity index (χ2v) is 9.04. The third-order valence-electron chi connectivity index (χ3n) is 5.90. The highest BCUT2D eigenvalue weighted by Gasteiger charge is 2.20. The molecule has 1 N–H and O–H groups in total. The number of nitrogens with zero attached hydrogens (tertiary/aromatic N) is 5. The Morgan fingerprint density at radius 3 is 2.46 bits per heavy atom. The molecule has 0 saturated heterocycles. The molecule has 1 amide bonds. The number of aryl methyl sites for hydroxylation is 2. The number of amides is 1. The van der Waals surface area contributed by atoms with Crippen molar-refractivity contribution < 1.29 is 9.21 Å². The molecule has 0 unspecified atom stereocenters. The number of rotatable bonds is 6. The average molecular weight is 509 g/mol. The van der Waals surface area contributed by atoms with Gasteiger partial charge in [0.05, 0.1) is 41.0 Å². The number of hydrogen-bond donors (Lipinski definition) is 1. The van der Waals surface area contributed by atoms with E-state index in [-0.39, 0.29) is 12.5 Å². The summed E-state index contributed by atoms with van der Waals surface area (Å²) in [6.07, 6.45) is 3.31. The maximum Gasteiger partial charge on any atom is 0.246 e. The molecule has 5 aromatic rings. The molecule has 0 saturated carbocycles. The highest BCUT2D eigenvalue weighted by molar-refractivity contribution is 6.36. The van der Waals surface area contributed by atoms with Crippen LogP contribution in [0, 0.1) is 20.8 Å². The molecule has 8 nitrogen and oxygen atoms in total. The Hall–Kier alpha value is -3.62. The van der Waals surface area contributed by atoms with E-state index in [1.165, 1.54) is 0 Å². The molecular weight excluding hydrogens is 487 g/mol. The van der Waals surface area contributed by atoms with Crippen molar-refractivity contribution in [3.63, 3.8) is 0 Å². The van der Waals surface area contributed by atoms with E-state index in [9.17, 15) is 4.79 Å². The van der Waals surface area contributed by atoms with E-state index in [2.05, 4.69) is 20.5 Å². The predicted octanol–water partition coefficient (Wildman–Crippen LogP) is 5.81. The van der Waals surface area contributed by atoms with Gasteiger partial charge in [-0.25, -0.2) is 9.67 Å². The van der Waals surface area contributed by atoms with Gasteiger partial charge >= 0.3 is 0 Å². The Balaban J connectivity index is 1.39. The molecule has 5 rings (SSSR count). The Morgan fingerprint density at radius 1 is 1.00 bits per heavy atom. The fourth-order valence-corrected chi connectivity index (χ4v) is 4.73. The van der Waals surface area contributed by atoms with E-state index >= 15 is 0 Å². The average Bonchev–Trinajstić information content (AvgIpc) is 3.53. The fourth-order valence-electron chi connectivity index (χ4n) is 4.21. The van der Waals surface area contributed by atoms with Gasteiger partial charge in [0.25, 0.3) is 0 Å². The fraction of sp³-hybridized carbons (Fsp3) is 0.200.